The number of rotatable bonds is 5. The van der Waals surface area contributed by atoms with Crippen LogP contribution in [0, 0.1) is 0 Å². The molecule has 0 spiro atoms. The standard InChI is InChI=1S/C26H18O4/c27-21-15-7-13-19(25(29)17-9-3-1-4-10-17)23(21)24-20(14-8-16-22(24)28)26(30)18-11-5-2-6-12-18/h1-16,27-28H. The first kappa shape index (κ1) is 19.2. The molecule has 146 valence electrons. The van der Waals surface area contributed by atoms with E-state index in [4.69, 9.17) is 0 Å². The average molecular weight is 394 g/mol. The highest BCUT2D eigenvalue weighted by molar-refractivity contribution is 6.18. The molecule has 0 saturated heterocycles. The summed E-state index contributed by atoms with van der Waals surface area (Å²) in [5.41, 5.74) is 1.54. The van der Waals surface area contributed by atoms with Gasteiger partial charge in [0.25, 0.3) is 0 Å². The molecule has 0 amide bonds. The van der Waals surface area contributed by atoms with Crippen LogP contribution in [-0.4, -0.2) is 21.8 Å². The van der Waals surface area contributed by atoms with E-state index in [0.29, 0.717) is 11.1 Å². The Hall–Kier alpha value is -4.18. The van der Waals surface area contributed by atoms with E-state index in [1.54, 1.807) is 84.9 Å². The van der Waals surface area contributed by atoms with Crippen LogP contribution in [-0.2, 0) is 0 Å². The van der Waals surface area contributed by atoms with Crippen molar-refractivity contribution in [3.05, 3.63) is 119 Å². The van der Waals surface area contributed by atoms with Gasteiger partial charge in [-0.2, -0.15) is 0 Å². The molecule has 0 aliphatic heterocycles. The number of phenolic OH excluding ortho intramolecular Hbond substituents is 2. The lowest BCUT2D eigenvalue weighted by atomic mass is 9.87. The molecule has 4 rings (SSSR count). The number of benzene rings is 4. The van der Waals surface area contributed by atoms with Crippen LogP contribution < -0.4 is 0 Å². The summed E-state index contributed by atoms with van der Waals surface area (Å²) < 4.78 is 0. The van der Waals surface area contributed by atoms with E-state index in [-0.39, 0.29) is 45.3 Å². The zero-order chi connectivity index (χ0) is 21.1. The summed E-state index contributed by atoms with van der Waals surface area (Å²) in [5, 5.41) is 21.3. The first-order valence-corrected chi connectivity index (χ1v) is 9.41. The lowest BCUT2D eigenvalue weighted by Gasteiger charge is -2.16. The van der Waals surface area contributed by atoms with Gasteiger partial charge in [0.2, 0.25) is 0 Å². The van der Waals surface area contributed by atoms with Crippen molar-refractivity contribution in [3.8, 4) is 22.6 Å². The number of hydrogen-bond donors (Lipinski definition) is 2. The van der Waals surface area contributed by atoms with Gasteiger partial charge in [-0.25, -0.2) is 0 Å². The van der Waals surface area contributed by atoms with Crippen molar-refractivity contribution in [2.45, 2.75) is 0 Å². The average Bonchev–Trinajstić information content (AvgIpc) is 2.79. The topological polar surface area (TPSA) is 74.6 Å². The van der Waals surface area contributed by atoms with Crippen molar-refractivity contribution < 1.29 is 19.8 Å². The Morgan fingerprint density at radius 1 is 0.467 bits per heavy atom. The molecule has 0 unspecified atom stereocenters. The number of hydrogen-bond acceptors (Lipinski definition) is 4. The summed E-state index contributed by atoms with van der Waals surface area (Å²) in [6, 6.07) is 26.5. The smallest absolute Gasteiger partial charge is 0.193 e. The van der Waals surface area contributed by atoms with Crippen molar-refractivity contribution in [2.24, 2.45) is 0 Å². The van der Waals surface area contributed by atoms with Crippen LogP contribution in [0.15, 0.2) is 97.1 Å². The van der Waals surface area contributed by atoms with Crippen LogP contribution in [0.1, 0.15) is 31.8 Å². The maximum atomic E-state index is 13.2. The molecule has 0 aliphatic carbocycles. The Bertz CT molecular complexity index is 1130. The van der Waals surface area contributed by atoms with Gasteiger partial charge in [0.1, 0.15) is 11.5 Å². The minimum absolute atomic E-state index is 0.128. The molecule has 0 aliphatic rings. The summed E-state index contributed by atoms with van der Waals surface area (Å²) in [7, 11) is 0. The van der Waals surface area contributed by atoms with Crippen molar-refractivity contribution >= 4 is 11.6 Å². The Morgan fingerprint density at radius 2 is 0.833 bits per heavy atom. The van der Waals surface area contributed by atoms with E-state index < -0.39 is 0 Å². The Balaban J connectivity index is 1.95. The molecule has 4 aromatic carbocycles. The summed E-state index contributed by atoms with van der Waals surface area (Å²) in [6.07, 6.45) is 0. The zero-order valence-electron chi connectivity index (χ0n) is 15.9. The molecule has 4 nitrogen and oxygen atoms in total. The minimum atomic E-state index is -0.317. The maximum Gasteiger partial charge on any atom is 0.193 e. The van der Waals surface area contributed by atoms with Gasteiger partial charge < -0.3 is 10.2 Å². The third-order valence-corrected chi connectivity index (χ3v) is 4.90. The molecule has 0 bridgehead atoms. The number of aromatic hydroxyl groups is 2. The number of carbonyl (C=O) groups excluding carboxylic acids is 2. The third-order valence-electron chi connectivity index (χ3n) is 4.90. The van der Waals surface area contributed by atoms with Crippen LogP contribution in [0.2, 0.25) is 0 Å². The molecule has 4 heteroatoms. The highest BCUT2D eigenvalue weighted by Gasteiger charge is 2.25. The van der Waals surface area contributed by atoms with Gasteiger partial charge in [-0.15, -0.1) is 0 Å². The van der Waals surface area contributed by atoms with Crippen molar-refractivity contribution in [2.75, 3.05) is 0 Å². The SMILES string of the molecule is O=C(c1ccccc1)c1cccc(O)c1-c1c(O)cccc1C(=O)c1ccccc1. The van der Waals surface area contributed by atoms with Crippen LogP contribution >= 0.6 is 0 Å². The van der Waals surface area contributed by atoms with E-state index >= 15 is 0 Å². The van der Waals surface area contributed by atoms with Gasteiger partial charge >= 0.3 is 0 Å². The Labute approximate surface area is 173 Å². The first-order chi connectivity index (χ1) is 14.6. The van der Waals surface area contributed by atoms with E-state index in [9.17, 15) is 19.8 Å². The fraction of sp³-hybridized carbons (Fsp3) is 0. The first-order valence-electron chi connectivity index (χ1n) is 9.41. The molecule has 4 aromatic rings. The highest BCUT2D eigenvalue weighted by Crippen LogP contribution is 2.41. The maximum absolute atomic E-state index is 13.2. The van der Waals surface area contributed by atoms with Crippen LogP contribution in [0.3, 0.4) is 0 Å². The molecule has 0 radical (unpaired) electrons. The predicted molar refractivity (Wildman–Crippen MR) is 115 cm³/mol. The van der Waals surface area contributed by atoms with Crippen molar-refractivity contribution in [1.82, 2.24) is 0 Å². The van der Waals surface area contributed by atoms with Gasteiger partial charge in [0, 0.05) is 33.4 Å². The van der Waals surface area contributed by atoms with E-state index in [1.165, 1.54) is 12.1 Å². The lowest BCUT2D eigenvalue weighted by Crippen LogP contribution is -2.08. The molecule has 0 aromatic heterocycles. The van der Waals surface area contributed by atoms with Gasteiger partial charge in [0.05, 0.1) is 0 Å². The zero-order valence-corrected chi connectivity index (χ0v) is 15.9. The summed E-state index contributed by atoms with van der Waals surface area (Å²) in [6.45, 7) is 0. The van der Waals surface area contributed by atoms with Gasteiger partial charge in [-0.1, -0.05) is 84.9 Å². The van der Waals surface area contributed by atoms with Crippen LogP contribution in [0.25, 0.3) is 11.1 Å². The molecule has 0 fully saturated rings. The molecule has 2 N–H and O–H groups in total. The molecular weight excluding hydrogens is 376 g/mol. The predicted octanol–water partition coefficient (Wildman–Crippen LogP) is 5.23. The Morgan fingerprint density at radius 3 is 1.20 bits per heavy atom. The Kier molecular flexibility index (Phi) is 5.14. The second kappa shape index (κ2) is 8.05. The summed E-state index contributed by atoms with van der Waals surface area (Å²) in [4.78, 5) is 26.4. The second-order valence-electron chi connectivity index (χ2n) is 6.79. The summed E-state index contributed by atoms with van der Waals surface area (Å²) >= 11 is 0. The van der Waals surface area contributed by atoms with Crippen molar-refractivity contribution in [1.29, 1.82) is 0 Å². The fourth-order valence-corrected chi connectivity index (χ4v) is 3.47. The second-order valence-corrected chi connectivity index (χ2v) is 6.79. The highest BCUT2D eigenvalue weighted by atomic mass is 16.3. The molecule has 0 atom stereocenters. The van der Waals surface area contributed by atoms with Crippen LogP contribution in [0.4, 0.5) is 0 Å². The van der Waals surface area contributed by atoms with Crippen molar-refractivity contribution in [3.63, 3.8) is 0 Å². The lowest BCUT2D eigenvalue weighted by molar-refractivity contribution is 0.102. The largest absolute Gasteiger partial charge is 0.507 e. The minimum Gasteiger partial charge on any atom is -0.507 e. The van der Waals surface area contributed by atoms with E-state index in [0.717, 1.165) is 0 Å². The molecule has 0 saturated carbocycles. The number of carbonyl (C=O) groups is 2. The van der Waals surface area contributed by atoms with E-state index in [2.05, 4.69) is 0 Å². The number of ketones is 2. The molecular formula is C26H18O4. The third kappa shape index (κ3) is 3.47. The van der Waals surface area contributed by atoms with Gasteiger partial charge in [-0.05, 0) is 12.1 Å². The monoisotopic (exact) mass is 394 g/mol. The summed E-state index contributed by atoms with van der Waals surface area (Å²) in [5.74, 6) is -1.02. The van der Waals surface area contributed by atoms with Crippen LogP contribution in [0.5, 0.6) is 11.5 Å². The quantitative estimate of drug-likeness (QED) is 0.455. The van der Waals surface area contributed by atoms with E-state index in [1.807, 2.05) is 0 Å². The number of phenols is 2. The molecule has 30 heavy (non-hydrogen) atoms. The fourth-order valence-electron chi connectivity index (χ4n) is 3.47. The van der Waals surface area contributed by atoms with Gasteiger partial charge in [0.15, 0.2) is 11.6 Å². The van der Waals surface area contributed by atoms with Gasteiger partial charge in [-0.3, -0.25) is 9.59 Å². The normalized spacial score (nSPS) is 10.5. The molecule has 0 heterocycles.